The first-order chi connectivity index (χ1) is 9.79. The third kappa shape index (κ3) is 3.75. The van der Waals surface area contributed by atoms with Gasteiger partial charge in [-0.15, -0.1) is 0 Å². The van der Waals surface area contributed by atoms with Gasteiger partial charge in [-0.25, -0.2) is 13.4 Å². The molecule has 6 nitrogen and oxygen atoms in total. The highest BCUT2D eigenvalue weighted by molar-refractivity contribution is 7.92. The van der Waals surface area contributed by atoms with E-state index in [-0.39, 0.29) is 15.9 Å². The van der Waals surface area contributed by atoms with Crippen LogP contribution in [0.1, 0.15) is 0 Å². The Morgan fingerprint density at radius 3 is 2.71 bits per heavy atom. The summed E-state index contributed by atoms with van der Waals surface area (Å²) in [5, 5.41) is 2.89. The molecule has 1 aromatic heterocycles. The quantitative estimate of drug-likeness (QED) is 0.918. The minimum atomic E-state index is -3.83. The van der Waals surface area contributed by atoms with Crippen molar-refractivity contribution in [2.75, 3.05) is 11.1 Å². The lowest BCUT2D eigenvalue weighted by Crippen LogP contribution is -2.24. The van der Waals surface area contributed by atoms with Crippen LogP contribution in [-0.4, -0.2) is 29.6 Å². The second-order valence-corrected chi connectivity index (χ2v) is 6.98. The first-order valence-electron chi connectivity index (χ1n) is 5.74. The fourth-order valence-electron chi connectivity index (χ4n) is 1.67. The van der Waals surface area contributed by atoms with Crippen LogP contribution in [-0.2, 0) is 21.7 Å². The summed E-state index contributed by atoms with van der Waals surface area (Å²) in [6.45, 7) is 0. The van der Waals surface area contributed by atoms with E-state index < -0.39 is 21.5 Å². The number of nitrogens with zero attached hydrogens (tertiary/aromatic N) is 2. The van der Waals surface area contributed by atoms with Crippen LogP contribution >= 0.6 is 23.2 Å². The van der Waals surface area contributed by atoms with Gasteiger partial charge in [0.25, 0.3) is 0 Å². The van der Waals surface area contributed by atoms with E-state index >= 15 is 0 Å². The summed E-state index contributed by atoms with van der Waals surface area (Å²) < 4.78 is 25.5. The van der Waals surface area contributed by atoms with E-state index in [0.29, 0.717) is 5.02 Å². The molecule has 9 heteroatoms. The monoisotopic (exact) mass is 347 g/mol. The topological polar surface area (TPSA) is 81.1 Å². The standard InChI is InChI=1S/C12H11Cl2N3O3S/c1-17-5-4-15-12(17)21(19,20)7-11(18)16-10-6-8(13)2-3-9(10)14/h2-6H,7H2,1H3,(H,16,18). The van der Waals surface area contributed by atoms with Crippen LogP contribution in [0.5, 0.6) is 0 Å². The first kappa shape index (κ1) is 15.8. The molecular formula is C12H11Cl2N3O3S. The van der Waals surface area contributed by atoms with Crippen molar-refractivity contribution < 1.29 is 13.2 Å². The molecule has 1 amide bonds. The second-order valence-electron chi connectivity index (χ2n) is 4.25. The Labute approximate surface area is 131 Å². The zero-order valence-corrected chi connectivity index (χ0v) is 13.2. The Bertz CT molecular complexity index is 787. The summed E-state index contributed by atoms with van der Waals surface area (Å²) in [7, 11) is -2.29. The van der Waals surface area contributed by atoms with Gasteiger partial charge in [-0.2, -0.15) is 0 Å². The lowest BCUT2D eigenvalue weighted by atomic mass is 10.3. The summed E-state index contributed by atoms with van der Waals surface area (Å²) in [4.78, 5) is 15.6. The van der Waals surface area contributed by atoms with Gasteiger partial charge in [-0.3, -0.25) is 4.79 Å². The molecule has 21 heavy (non-hydrogen) atoms. The van der Waals surface area contributed by atoms with Crippen molar-refractivity contribution in [2.24, 2.45) is 7.05 Å². The smallest absolute Gasteiger partial charge is 0.240 e. The maximum Gasteiger partial charge on any atom is 0.240 e. The number of halogens is 2. The Kier molecular flexibility index (Phi) is 4.55. The summed E-state index contributed by atoms with van der Waals surface area (Å²) in [6, 6.07) is 4.51. The first-order valence-corrected chi connectivity index (χ1v) is 8.15. The van der Waals surface area contributed by atoms with Gasteiger partial charge in [0, 0.05) is 24.5 Å². The van der Waals surface area contributed by atoms with Crippen molar-refractivity contribution in [3.8, 4) is 0 Å². The summed E-state index contributed by atoms with van der Waals surface area (Å²) >= 11 is 11.7. The van der Waals surface area contributed by atoms with Crippen LogP contribution in [0.2, 0.25) is 10.0 Å². The number of imidazole rings is 1. The SMILES string of the molecule is Cn1ccnc1S(=O)(=O)CC(=O)Nc1cc(Cl)ccc1Cl. The molecule has 1 N–H and O–H groups in total. The number of amides is 1. The molecule has 0 atom stereocenters. The molecule has 1 aromatic carbocycles. The Morgan fingerprint density at radius 2 is 2.10 bits per heavy atom. The van der Waals surface area contributed by atoms with Gasteiger partial charge in [0.2, 0.25) is 20.9 Å². The molecule has 0 spiro atoms. The molecule has 0 saturated carbocycles. The Balaban J connectivity index is 2.15. The molecular weight excluding hydrogens is 337 g/mol. The fourth-order valence-corrected chi connectivity index (χ4v) is 3.27. The van der Waals surface area contributed by atoms with Gasteiger partial charge in [-0.1, -0.05) is 23.2 Å². The molecule has 0 aliphatic carbocycles. The van der Waals surface area contributed by atoms with Gasteiger partial charge in [0.05, 0.1) is 10.7 Å². The van der Waals surface area contributed by atoms with Crippen LogP contribution in [0.4, 0.5) is 5.69 Å². The van der Waals surface area contributed by atoms with E-state index in [0.717, 1.165) is 0 Å². The number of anilines is 1. The van der Waals surface area contributed by atoms with Gasteiger partial charge in [-0.05, 0) is 18.2 Å². The van der Waals surface area contributed by atoms with Crippen molar-refractivity contribution in [1.82, 2.24) is 9.55 Å². The number of benzene rings is 1. The van der Waals surface area contributed by atoms with Crippen molar-refractivity contribution in [3.63, 3.8) is 0 Å². The van der Waals surface area contributed by atoms with Crippen LogP contribution in [0, 0.1) is 0 Å². The van der Waals surface area contributed by atoms with E-state index in [1.54, 1.807) is 6.07 Å². The third-order valence-electron chi connectivity index (χ3n) is 2.58. The molecule has 2 aromatic rings. The maximum atomic E-state index is 12.1. The summed E-state index contributed by atoms with van der Waals surface area (Å²) in [5.74, 6) is -1.46. The zero-order valence-electron chi connectivity index (χ0n) is 10.9. The van der Waals surface area contributed by atoms with E-state index in [1.807, 2.05) is 0 Å². The number of nitrogens with one attached hydrogen (secondary N) is 1. The van der Waals surface area contributed by atoms with E-state index in [1.165, 1.54) is 36.1 Å². The van der Waals surface area contributed by atoms with E-state index in [4.69, 9.17) is 23.2 Å². The minimum absolute atomic E-state index is 0.171. The van der Waals surface area contributed by atoms with Gasteiger partial charge < -0.3 is 9.88 Å². The number of sulfone groups is 1. The van der Waals surface area contributed by atoms with Crippen molar-refractivity contribution >= 4 is 44.6 Å². The largest absolute Gasteiger partial charge is 0.325 e. The van der Waals surface area contributed by atoms with Gasteiger partial charge >= 0.3 is 0 Å². The maximum absolute atomic E-state index is 12.1. The van der Waals surface area contributed by atoms with Crippen LogP contribution in [0.15, 0.2) is 35.7 Å². The number of aromatic nitrogens is 2. The fraction of sp³-hybridized carbons (Fsp3) is 0.167. The molecule has 0 aliphatic rings. The number of aryl methyl sites for hydroxylation is 1. The lowest BCUT2D eigenvalue weighted by molar-refractivity contribution is -0.113. The number of hydrogen-bond donors (Lipinski definition) is 1. The zero-order chi connectivity index (χ0) is 15.6. The molecule has 0 fully saturated rings. The predicted molar refractivity (Wildman–Crippen MR) is 80.4 cm³/mol. The number of carbonyl (C=O) groups excluding carboxylic acids is 1. The molecule has 0 radical (unpaired) electrons. The van der Waals surface area contributed by atoms with Crippen LogP contribution < -0.4 is 5.32 Å². The molecule has 0 unspecified atom stereocenters. The average Bonchev–Trinajstić information content (AvgIpc) is 2.80. The summed E-state index contributed by atoms with van der Waals surface area (Å²) in [6.07, 6.45) is 2.83. The Morgan fingerprint density at radius 1 is 1.38 bits per heavy atom. The second kappa shape index (κ2) is 6.05. The number of hydrogen-bond acceptors (Lipinski definition) is 4. The van der Waals surface area contributed by atoms with Gasteiger partial charge in [0.15, 0.2) is 0 Å². The molecule has 0 saturated heterocycles. The number of carbonyl (C=O) groups is 1. The third-order valence-corrected chi connectivity index (χ3v) is 4.74. The molecule has 0 aliphatic heterocycles. The van der Waals surface area contributed by atoms with Gasteiger partial charge in [0.1, 0.15) is 5.75 Å². The van der Waals surface area contributed by atoms with Crippen molar-refractivity contribution in [2.45, 2.75) is 5.16 Å². The molecule has 2 rings (SSSR count). The van der Waals surface area contributed by atoms with Crippen molar-refractivity contribution in [1.29, 1.82) is 0 Å². The molecule has 1 heterocycles. The Hall–Kier alpha value is -1.57. The van der Waals surface area contributed by atoms with Crippen LogP contribution in [0.25, 0.3) is 0 Å². The summed E-state index contributed by atoms with van der Waals surface area (Å²) in [5.41, 5.74) is 0.254. The van der Waals surface area contributed by atoms with E-state index in [2.05, 4.69) is 10.3 Å². The molecule has 112 valence electrons. The predicted octanol–water partition coefficient (Wildman–Crippen LogP) is 2.14. The van der Waals surface area contributed by atoms with Crippen molar-refractivity contribution in [3.05, 3.63) is 40.6 Å². The number of rotatable bonds is 4. The average molecular weight is 348 g/mol. The van der Waals surface area contributed by atoms with E-state index in [9.17, 15) is 13.2 Å². The minimum Gasteiger partial charge on any atom is -0.325 e. The highest BCUT2D eigenvalue weighted by Gasteiger charge is 2.23. The highest BCUT2D eigenvalue weighted by Crippen LogP contribution is 2.25. The highest BCUT2D eigenvalue weighted by atomic mass is 35.5. The lowest BCUT2D eigenvalue weighted by Gasteiger charge is -2.08. The molecule has 0 bridgehead atoms. The normalized spacial score (nSPS) is 11.4. The van der Waals surface area contributed by atoms with Crippen LogP contribution in [0.3, 0.4) is 0 Å².